The van der Waals surface area contributed by atoms with Gasteiger partial charge in [0, 0.05) is 5.56 Å². The van der Waals surface area contributed by atoms with Crippen LogP contribution in [0.1, 0.15) is 18.7 Å². The second kappa shape index (κ2) is 5.75. The minimum atomic E-state index is -1.03. The first-order valence-electron chi connectivity index (χ1n) is 6.73. The van der Waals surface area contributed by atoms with Gasteiger partial charge in [-0.1, -0.05) is 5.16 Å². The molecule has 0 saturated carbocycles. The number of halogens is 1. The van der Waals surface area contributed by atoms with Gasteiger partial charge in [0.25, 0.3) is 5.89 Å². The normalized spacial score (nSPS) is 17.7. The molecule has 0 atom stereocenters. The SMILES string of the molecule is COc1ccc(-c2noc(C3(O)CCNCC3)n2)cc1Br. The van der Waals surface area contributed by atoms with E-state index in [-0.39, 0.29) is 5.89 Å². The molecule has 0 bridgehead atoms. The fraction of sp³-hybridized carbons (Fsp3) is 0.429. The molecule has 1 aliphatic rings. The Balaban J connectivity index is 1.89. The number of aromatic nitrogens is 2. The van der Waals surface area contributed by atoms with Gasteiger partial charge in [-0.15, -0.1) is 0 Å². The predicted octanol–water partition coefficient (Wildman–Crippen LogP) is 2.08. The number of hydrogen-bond donors (Lipinski definition) is 2. The average Bonchev–Trinajstić information content (AvgIpc) is 2.98. The fourth-order valence-corrected chi connectivity index (χ4v) is 2.93. The van der Waals surface area contributed by atoms with Crippen molar-refractivity contribution in [2.24, 2.45) is 0 Å². The van der Waals surface area contributed by atoms with Crippen LogP contribution in [0.2, 0.25) is 0 Å². The van der Waals surface area contributed by atoms with Gasteiger partial charge in [-0.2, -0.15) is 4.98 Å². The maximum atomic E-state index is 10.6. The lowest BCUT2D eigenvalue weighted by atomic mass is 9.92. The van der Waals surface area contributed by atoms with Gasteiger partial charge in [-0.25, -0.2) is 0 Å². The summed E-state index contributed by atoms with van der Waals surface area (Å²) < 4.78 is 11.3. The largest absolute Gasteiger partial charge is 0.496 e. The summed E-state index contributed by atoms with van der Waals surface area (Å²) in [5, 5.41) is 17.7. The molecule has 1 aromatic heterocycles. The van der Waals surface area contributed by atoms with Crippen LogP contribution in [0.25, 0.3) is 11.4 Å². The second-order valence-electron chi connectivity index (χ2n) is 5.05. The number of benzene rings is 1. The minimum Gasteiger partial charge on any atom is -0.496 e. The van der Waals surface area contributed by atoms with Crippen molar-refractivity contribution in [1.82, 2.24) is 15.5 Å². The molecule has 2 aromatic rings. The molecule has 21 heavy (non-hydrogen) atoms. The lowest BCUT2D eigenvalue weighted by molar-refractivity contribution is -0.0228. The van der Waals surface area contributed by atoms with Crippen LogP contribution in [0.15, 0.2) is 27.2 Å². The molecule has 0 radical (unpaired) electrons. The molecule has 2 heterocycles. The van der Waals surface area contributed by atoms with Gasteiger partial charge in [0.15, 0.2) is 0 Å². The lowest BCUT2D eigenvalue weighted by Gasteiger charge is -2.28. The molecule has 0 unspecified atom stereocenters. The van der Waals surface area contributed by atoms with E-state index >= 15 is 0 Å². The van der Waals surface area contributed by atoms with Crippen LogP contribution in [0.3, 0.4) is 0 Å². The molecular formula is C14H16BrN3O3. The van der Waals surface area contributed by atoms with Crippen LogP contribution >= 0.6 is 15.9 Å². The first-order chi connectivity index (χ1) is 10.1. The van der Waals surface area contributed by atoms with Crippen molar-refractivity contribution in [2.75, 3.05) is 20.2 Å². The number of nitrogens with zero attached hydrogens (tertiary/aromatic N) is 2. The van der Waals surface area contributed by atoms with Crippen LogP contribution in [0.4, 0.5) is 0 Å². The molecule has 0 spiro atoms. The Kier molecular flexibility index (Phi) is 3.97. The van der Waals surface area contributed by atoms with Crippen LogP contribution in [0, 0.1) is 0 Å². The number of hydrogen-bond acceptors (Lipinski definition) is 6. The molecule has 3 rings (SSSR count). The number of methoxy groups -OCH3 is 1. The second-order valence-corrected chi connectivity index (χ2v) is 5.91. The third-order valence-electron chi connectivity index (χ3n) is 3.66. The quantitative estimate of drug-likeness (QED) is 0.879. The zero-order chi connectivity index (χ0) is 14.9. The third kappa shape index (κ3) is 2.81. The summed E-state index contributed by atoms with van der Waals surface area (Å²) in [7, 11) is 1.61. The molecule has 1 aromatic carbocycles. The molecule has 1 aliphatic heterocycles. The van der Waals surface area contributed by atoms with E-state index in [1.54, 1.807) is 7.11 Å². The first kappa shape index (κ1) is 14.5. The lowest BCUT2D eigenvalue weighted by Crippen LogP contribution is -2.39. The molecule has 0 aliphatic carbocycles. The molecule has 2 N–H and O–H groups in total. The molecule has 6 nitrogen and oxygen atoms in total. The van der Waals surface area contributed by atoms with E-state index in [4.69, 9.17) is 9.26 Å². The van der Waals surface area contributed by atoms with Gasteiger partial charge in [-0.3, -0.25) is 0 Å². The van der Waals surface area contributed by atoms with Gasteiger partial charge in [0.05, 0.1) is 11.6 Å². The van der Waals surface area contributed by atoms with Gasteiger partial charge in [0.2, 0.25) is 5.82 Å². The number of ether oxygens (including phenoxy) is 1. The number of nitrogens with one attached hydrogen (secondary N) is 1. The third-order valence-corrected chi connectivity index (χ3v) is 4.28. The highest BCUT2D eigenvalue weighted by molar-refractivity contribution is 9.10. The zero-order valence-electron chi connectivity index (χ0n) is 11.6. The Bertz CT molecular complexity index is 638. The molecular weight excluding hydrogens is 338 g/mol. The van der Waals surface area contributed by atoms with Gasteiger partial charge >= 0.3 is 0 Å². The van der Waals surface area contributed by atoms with E-state index < -0.39 is 5.60 Å². The highest BCUT2D eigenvalue weighted by Gasteiger charge is 2.37. The van der Waals surface area contributed by atoms with E-state index in [0.29, 0.717) is 18.7 Å². The smallest absolute Gasteiger partial charge is 0.259 e. The van der Waals surface area contributed by atoms with E-state index in [1.807, 2.05) is 18.2 Å². The van der Waals surface area contributed by atoms with Gasteiger partial charge in [0.1, 0.15) is 11.4 Å². The Hall–Kier alpha value is -1.44. The summed E-state index contributed by atoms with van der Waals surface area (Å²) in [6.45, 7) is 1.48. The summed E-state index contributed by atoms with van der Waals surface area (Å²) in [6, 6.07) is 5.54. The maximum Gasteiger partial charge on any atom is 0.259 e. The van der Waals surface area contributed by atoms with Crippen molar-refractivity contribution in [3.63, 3.8) is 0 Å². The summed E-state index contributed by atoms with van der Waals surface area (Å²) in [5.74, 6) is 1.48. The first-order valence-corrected chi connectivity index (χ1v) is 7.53. The average molecular weight is 354 g/mol. The molecule has 7 heteroatoms. The van der Waals surface area contributed by atoms with E-state index in [2.05, 4.69) is 31.4 Å². The zero-order valence-corrected chi connectivity index (χ0v) is 13.2. The van der Waals surface area contributed by atoms with Crippen molar-refractivity contribution < 1.29 is 14.4 Å². The number of rotatable bonds is 3. The van der Waals surface area contributed by atoms with Crippen molar-refractivity contribution in [3.05, 3.63) is 28.6 Å². The monoisotopic (exact) mass is 353 g/mol. The van der Waals surface area contributed by atoms with E-state index in [0.717, 1.165) is 28.9 Å². The Morgan fingerprint density at radius 2 is 2.14 bits per heavy atom. The predicted molar refractivity (Wildman–Crippen MR) is 80.0 cm³/mol. The number of piperidine rings is 1. The maximum absolute atomic E-state index is 10.6. The summed E-state index contributed by atoms with van der Waals surface area (Å²) in [5.41, 5.74) is -0.226. The van der Waals surface area contributed by atoms with Crippen LogP contribution in [0.5, 0.6) is 5.75 Å². The highest BCUT2D eigenvalue weighted by Crippen LogP contribution is 2.32. The van der Waals surface area contributed by atoms with Crippen molar-refractivity contribution in [3.8, 4) is 17.1 Å². The highest BCUT2D eigenvalue weighted by atomic mass is 79.9. The molecule has 0 amide bonds. The van der Waals surface area contributed by atoms with Gasteiger partial charge in [-0.05, 0) is 60.1 Å². The molecule has 112 valence electrons. The Morgan fingerprint density at radius 3 is 2.81 bits per heavy atom. The summed E-state index contributed by atoms with van der Waals surface area (Å²) in [6.07, 6.45) is 1.14. The van der Waals surface area contributed by atoms with Crippen LogP contribution in [-0.2, 0) is 5.60 Å². The van der Waals surface area contributed by atoms with E-state index in [1.165, 1.54) is 0 Å². The van der Waals surface area contributed by atoms with Crippen molar-refractivity contribution in [1.29, 1.82) is 0 Å². The van der Waals surface area contributed by atoms with Crippen LogP contribution < -0.4 is 10.1 Å². The van der Waals surface area contributed by atoms with Crippen molar-refractivity contribution >= 4 is 15.9 Å². The van der Waals surface area contributed by atoms with Crippen LogP contribution in [-0.4, -0.2) is 35.4 Å². The Morgan fingerprint density at radius 1 is 1.38 bits per heavy atom. The van der Waals surface area contributed by atoms with Gasteiger partial charge < -0.3 is 19.7 Å². The van der Waals surface area contributed by atoms with E-state index in [9.17, 15) is 5.11 Å². The fourth-order valence-electron chi connectivity index (χ4n) is 2.39. The number of aliphatic hydroxyl groups is 1. The minimum absolute atomic E-state index is 0.283. The summed E-state index contributed by atoms with van der Waals surface area (Å²) >= 11 is 3.43. The van der Waals surface area contributed by atoms with Crippen molar-refractivity contribution in [2.45, 2.75) is 18.4 Å². The standard InChI is InChI=1S/C14H16BrN3O3/c1-20-11-3-2-9(8-10(11)15)12-17-13(21-18-12)14(19)4-6-16-7-5-14/h2-3,8,16,19H,4-7H2,1H3. The molecule has 1 saturated heterocycles. The topological polar surface area (TPSA) is 80.4 Å². The Labute approximate surface area is 130 Å². The molecule has 1 fully saturated rings. The summed E-state index contributed by atoms with van der Waals surface area (Å²) in [4.78, 5) is 4.36.